The van der Waals surface area contributed by atoms with Gasteiger partial charge in [-0.05, 0) is 24.1 Å². The highest BCUT2D eigenvalue weighted by Gasteiger charge is 2.26. The number of hydrogen-bond donors (Lipinski definition) is 2. The van der Waals surface area contributed by atoms with E-state index in [2.05, 4.69) is 22.1 Å². The van der Waals surface area contributed by atoms with Crippen molar-refractivity contribution < 1.29 is 23.8 Å². The van der Waals surface area contributed by atoms with Gasteiger partial charge in [-0.1, -0.05) is 25.1 Å². The lowest BCUT2D eigenvalue weighted by molar-refractivity contribution is -0.117. The summed E-state index contributed by atoms with van der Waals surface area (Å²) in [6.45, 7) is 4.66. The molecule has 0 aliphatic carbocycles. The molecule has 0 atom stereocenters. The molecule has 1 aliphatic heterocycles. The number of fused-ring (bicyclic) bond motifs is 1. The van der Waals surface area contributed by atoms with E-state index in [1.807, 2.05) is 24.3 Å². The maximum Gasteiger partial charge on any atom is 0.270 e. The van der Waals surface area contributed by atoms with E-state index in [0.717, 1.165) is 23.1 Å². The summed E-state index contributed by atoms with van der Waals surface area (Å²) in [5.41, 5.74) is 3.07. The zero-order valence-corrected chi connectivity index (χ0v) is 20.6. The molecule has 0 radical (unpaired) electrons. The molecule has 1 saturated heterocycles. The van der Waals surface area contributed by atoms with Gasteiger partial charge in [-0.15, -0.1) is 0 Å². The topological polar surface area (TPSA) is 96.1 Å². The molecular weight excluding hydrogens is 448 g/mol. The van der Waals surface area contributed by atoms with Gasteiger partial charge in [0.2, 0.25) is 5.91 Å². The van der Waals surface area contributed by atoms with Crippen LogP contribution in [0.1, 0.15) is 23.0 Å². The number of H-pyrrole nitrogens is 1. The Kier molecular flexibility index (Phi) is 7.45. The van der Waals surface area contributed by atoms with Crippen molar-refractivity contribution >= 4 is 28.4 Å². The lowest BCUT2D eigenvalue weighted by atomic mass is 10.1. The maximum absolute atomic E-state index is 13.2. The molecule has 2 heterocycles. The van der Waals surface area contributed by atoms with Gasteiger partial charge in [0.1, 0.15) is 11.4 Å². The fourth-order valence-electron chi connectivity index (χ4n) is 4.47. The van der Waals surface area contributed by atoms with E-state index >= 15 is 0 Å². The molecule has 1 aliphatic rings. The van der Waals surface area contributed by atoms with Gasteiger partial charge in [-0.3, -0.25) is 14.5 Å². The Hall–Kier alpha value is -3.72. The quantitative estimate of drug-likeness (QED) is 0.514. The first-order valence-corrected chi connectivity index (χ1v) is 11.7. The number of ether oxygens (including phenoxy) is 3. The van der Waals surface area contributed by atoms with Gasteiger partial charge >= 0.3 is 0 Å². The van der Waals surface area contributed by atoms with E-state index in [4.69, 9.17) is 14.2 Å². The van der Waals surface area contributed by atoms with Gasteiger partial charge in [-0.25, -0.2) is 0 Å². The number of anilines is 1. The molecule has 3 aromatic rings. The second-order valence-electron chi connectivity index (χ2n) is 8.41. The Bertz CT molecular complexity index is 1210. The highest BCUT2D eigenvalue weighted by molar-refractivity contribution is 6.02. The predicted molar refractivity (Wildman–Crippen MR) is 135 cm³/mol. The lowest BCUT2D eigenvalue weighted by Gasteiger charge is -2.34. The van der Waals surface area contributed by atoms with Crippen molar-refractivity contribution in [2.24, 2.45) is 0 Å². The van der Waals surface area contributed by atoms with Crippen LogP contribution in [0.2, 0.25) is 0 Å². The number of carbonyl (C=O) groups is 2. The fraction of sp³-hybridized carbons (Fsp3) is 0.385. The Morgan fingerprint density at radius 3 is 2.34 bits per heavy atom. The normalized spacial score (nSPS) is 14.1. The molecule has 0 bridgehead atoms. The minimum atomic E-state index is -0.106. The number of aromatic amines is 1. The third-order valence-electron chi connectivity index (χ3n) is 6.37. The number of aromatic nitrogens is 1. The van der Waals surface area contributed by atoms with Crippen molar-refractivity contribution in [3.8, 4) is 17.2 Å². The molecule has 1 aromatic heterocycles. The summed E-state index contributed by atoms with van der Waals surface area (Å²) in [6, 6.07) is 11.4. The van der Waals surface area contributed by atoms with Crippen molar-refractivity contribution in [2.45, 2.75) is 13.3 Å². The number of benzene rings is 2. The molecule has 1 fully saturated rings. The summed E-state index contributed by atoms with van der Waals surface area (Å²) in [5.74, 6) is 1.47. The van der Waals surface area contributed by atoms with Crippen molar-refractivity contribution in [3.05, 3.63) is 47.7 Å². The summed E-state index contributed by atoms with van der Waals surface area (Å²) in [7, 11) is 4.69. The zero-order chi connectivity index (χ0) is 24.9. The highest BCUT2D eigenvalue weighted by atomic mass is 16.5. The van der Waals surface area contributed by atoms with Crippen LogP contribution in [0.15, 0.2) is 36.4 Å². The summed E-state index contributed by atoms with van der Waals surface area (Å²) < 4.78 is 16.4. The first-order chi connectivity index (χ1) is 17.0. The molecule has 186 valence electrons. The average Bonchev–Trinajstić information content (AvgIpc) is 3.33. The largest absolute Gasteiger partial charge is 0.496 e. The molecule has 35 heavy (non-hydrogen) atoms. The number of para-hydroxylation sites is 1. The van der Waals surface area contributed by atoms with Crippen LogP contribution in [0.4, 0.5) is 5.69 Å². The molecule has 2 N–H and O–H groups in total. The molecule has 0 spiro atoms. The average molecular weight is 481 g/mol. The minimum Gasteiger partial charge on any atom is -0.496 e. The third-order valence-corrected chi connectivity index (χ3v) is 6.37. The van der Waals surface area contributed by atoms with Crippen LogP contribution in [0.25, 0.3) is 10.9 Å². The summed E-state index contributed by atoms with van der Waals surface area (Å²) >= 11 is 0. The molecule has 2 amide bonds. The van der Waals surface area contributed by atoms with Gasteiger partial charge < -0.3 is 29.4 Å². The van der Waals surface area contributed by atoms with Crippen molar-refractivity contribution in [1.82, 2.24) is 14.8 Å². The first kappa shape index (κ1) is 24.4. The molecule has 2 aromatic carbocycles. The molecule has 0 saturated carbocycles. The van der Waals surface area contributed by atoms with E-state index in [9.17, 15) is 9.59 Å². The Labute approximate surface area is 204 Å². The van der Waals surface area contributed by atoms with E-state index in [1.165, 1.54) is 0 Å². The highest BCUT2D eigenvalue weighted by Crippen LogP contribution is 2.41. The summed E-state index contributed by atoms with van der Waals surface area (Å²) in [5, 5.41) is 3.76. The van der Waals surface area contributed by atoms with Crippen LogP contribution >= 0.6 is 0 Å². The monoisotopic (exact) mass is 480 g/mol. The standard InChI is InChI=1S/C26H32N4O5/c1-5-17-8-6-7-9-19(17)27-23(31)16-29-10-12-30(13-11-29)26(32)20-14-18-21(33-2)15-22(34-3)25(35-4)24(18)28-20/h6-9,14-15,28H,5,10-13,16H2,1-4H3,(H,27,31). The van der Waals surface area contributed by atoms with Gasteiger partial charge in [0, 0.05) is 43.3 Å². The number of carbonyl (C=O) groups excluding carboxylic acids is 2. The van der Waals surface area contributed by atoms with Crippen LogP contribution in [0, 0.1) is 0 Å². The smallest absolute Gasteiger partial charge is 0.270 e. The fourth-order valence-corrected chi connectivity index (χ4v) is 4.47. The number of piperazine rings is 1. The van der Waals surface area contributed by atoms with Crippen LogP contribution < -0.4 is 19.5 Å². The van der Waals surface area contributed by atoms with Gasteiger partial charge in [-0.2, -0.15) is 0 Å². The van der Waals surface area contributed by atoms with E-state index in [0.29, 0.717) is 61.2 Å². The first-order valence-electron chi connectivity index (χ1n) is 11.7. The number of rotatable bonds is 8. The predicted octanol–water partition coefficient (Wildman–Crippen LogP) is 3.15. The summed E-state index contributed by atoms with van der Waals surface area (Å²) in [4.78, 5) is 32.9. The van der Waals surface area contributed by atoms with Gasteiger partial charge in [0.05, 0.1) is 33.4 Å². The summed E-state index contributed by atoms with van der Waals surface area (Å²) in [6.07, 6.45) is 0.857. The number of amides is 2. The number of aryl methyl sites for hydroxylation is 1. The molecule has 4 rings (SSSR count). The number of nitrogens with one attached hydrogen (secondary N) is 2. The minimum absolute atomic E-state index is 0.0468. The third kappa shape index (κ3) is 5.05. The van der Waals surface area contributed by atoms with Crippen molar-refractivity contribution in [1.29, 1.82) is 0 Å². The SMILES string of the molecule is CCc1ccccc1NC(=O)CN1CCN(C(=O)c2cc3c(OC)cc(OC)c(OC)c3[nH]2)CC1. The molecular formula is C26H32N4O5. The number of hydrogen-bond acceptors (Lipinski definition) is 6. The van der Waals surface area contributed by atoms with Crippen LogP contribution in [-0.4, -0.2) is 80.7 Å². The second kappa shape index (κ2) is 10.7. The van der Waals surface area contributed by atoms with Crippen LogP contribution in [0.3, 0.4) is 0 Å². The zero-order valence-electron chi connectivity index (χ0n) is 20.6. The second-order valence-corrected chi connectivity index (χ2v) is 8.41. The van der Waals surface area contributed by atoms with E-state index in [1.54, 1.807) is 38.4 Å². The molecule has 9 nitrogen and oxygen atoms in total. The van der Waals surface area contributed by atoms with E-state index < -0.39 is 0 Å². The van der Waals surface area contributed by atoms with Crippen LogP contribution in [0.5, 0.6) is 17.2 Å². The Morgan fingerprint density at radius 1 is 0.971 bits per heavy atom. The van der Waals surface area contributed by atoms with Crippen molar-refractivity contribution in [2.75, 3.05) is 59.4 Å². The van der Waals surface area contributed by atoms with Gasteiger partial charge in [0.15, 0.2) is 11.5 Å². The number of methoxy groups -OCH3 is 3. The van der Waals surface area contributed by atoms with Crippen molar-refractivity contribution in [3.63, 3.8) is 0 Å². The molecule has 0 unspecified atom stereocenters. The maximum atomic E-state index is 13.2. The Balaban J connectivity index is 1.40. The van der Waals surface area contributed by atoms with E-state index in [-0.39, 0.29) is 11.8 Å². The lowest BCUT2D eigenvalue weighted by Crippen LogP contribution is -2.50. The van der Waals surface area contributed by atoms with Crippen LogP contribution in [-0.2, 0) is 11.2 Å². The van der Waals surface area contributed by atoms with Gasteiger partial charge in [0.25, 0.3) is 5.91 Å². The molecule has 9 heteroatoms. The number of nitrogens with zero attached hydrogens (tertiary/aromatic N) is 2. The Morgan fingerprint density at radius 2 is 1.69 bits per heavy atom.